The molecule has 0 saturated heterocycles. The van der Waals surface area contributed by atoms with Gasteiger partial charge >= 0.3 is 0 Å². The zero-order valence-electron chi connectivity index (χ0n) is 17.2. The van der Waals surface area contributed by atoms with Gasteiger partial charge in [-0.25, -0.2) is 0 Å². The monoisotopic (exact) mass is 363 g/mol. The first-order valence-corrected chi connectivity index (χ1v) is 9.90. The Morgan fingerprint density at radius 3 is 2.65 bits per heavy atom. The van der Waals surface area contributed by atoms with Gasteiger partial charge in [0.15, 0.2) is 0 Å². The van der Waals surface area contributed by atoms with Gasteiger partial charge in [0.2, 0.25) is 5.91 Å². The lowest BCUT2D eigenvalue weighted by Crippen LogP contribution is -2.47. The number of hydrogen-bond acceptors (Lipinski definition) is 4. The van der Waals surface area contributed by atoms with Gasteiger partial charge < -0.3 is 20.3 Å². The van der Waals surface area contributed by atoms with Crippen LogP contribution in [0.25, 0.3) is 0 Å². The number of rotatable bonds is 13. The van der Waals surface area contributed by atoms with Crippen molar-refractivity contribution < 1.29 is 9.53 Å². The second-order valence-electron chi connectivity index (χ2n) is 6.85. The molecule has 1 unspecified atom stereocenters. The number of likely N-dealkylation sites (N-methyl/N-ethyl adjacent to an activating group) is 1. The summed E-state index contributed by atoms with van der Waals surface area (Å²) in [4.78, 5) is 14.2. The first-order valence-electron chi connectivity index (χ1n) is 9.90. The molecule has 0 aliphatic carbocycles. The third-order valence-electron chi connectivity index (χ3n) is 4.55. The van der Waals surface area contributed by atoms with Crippen molar-refractivity contribution in [2.45, 2.75) is 58.6 Å². The lowest BCUT2D eigenvalue weighted by molar-refractivity contribution is -0.132. The van der Waals surface area contributed by atoms with Crippen LogP contribution in [-0.4, -0.2) is 56.7 Å². The molecule has 0 saturated carbocycles. The second kappa shape index (κ2) is 12.7. The van der Waals surface area contributed by atoms with Crippen molar-refractivity contribution in [3.05, 3.63) is 29.8 Å². The molecule has 2 atom stereocenters. The zero-order chi connectivity index (χ0) is 19.4. The van der Waals surface area contributed by atoms with Crippen LogP contribution < -0.4 is 15.4 Å². The highest BCUT2D eigenvalue weighted by Gasteiger charge is 2.21. The van der Waals surface area contributed by atoms with Gasteiger partial charge in [0.25, 0.3) is 0 Å². The predicted octanol–water partition coefficient (Wildman–Crippen LogP) is 2.84. The SMILES string of the molecule is CCCC(NC[C@@H](C)Oc1ccccc1CCCNC)C(=O)N(C)CC. The Hall–Kier alpha value is -1.59. The van der Waals surface area contributed by atoms with E-state index in [4.69, 9.17) is 4.74 Å². The van der Waals surface area contributed by atoms with Gasteiger partial charge in [-0.15, -0.1) is 0 Å². The molecule has 1 aromatic carbocycles. The smallest absolute Gasteiger partial charge is 0.239 e. The van der Waals surface area contributed by atoms with E-state index in [9.17, 15) is 4.79 Å². The van der Waals surface area contributed by atoms with Crippen LogP contribution >= 0.6 is 0 Å². The molecule has 26 heavy (non-hydrogen) atoms. The molecule has 5 nitrogen and oxygen atoms in total. The Morgan fingerprint density at radius 2 is 2.00 bits per heavy atom. The number of ether oxygens (including phenoxy) is 1. The highest BCUT2D eigenvalue weighted by atomic mass is 16.5. The van der Waals surface area contributed by atoms with E-state index in [0.29, 0.717) is 6.54 Å². The molecule has 1 rings (SSSR count). The fourth-order valence-electron chi connectivity index (χ4n) is 2.87. The van der Waals surface area contributed by atoms with Gasteiger partial charge in [-0.3, -0.25) is 4.79 Å². The molecule has 0 aliphatic heterocycles. The summed E-state index contributed by atoms with van der Waals surface area (Å²) < 4.78 is 6.16. The maximum Gasteiger partial charge on any atom is 0.239 e. The highest BCUT2D eigenvalue weighted by molar-refractivity contribution is 5.81. The van der Waals surface area contributed by atoms with Crippen LogP contribution in [0.3, 0.4) is 0 Å². The van der Waals surface area contributed by atoms with E-state index in [-0.39, 0.29) is 18.1 Å². The molecule has 0 heterocycles. The number of nitrogens with one attached hydrogen (secondary N) is 2. The Morgan fingerprint density at radius 1 is 1.27 bits per heavy atom. The van der Waals surface area contributed by atoms with Crippen LogP contribution in [0, 0.1) is 0 Å². The number of benzene rings is 1. The normalized spacial score (nSPS) is 13.3. The Balaban J connectivity index is 2.59. The minimum atomic E-state index is -0.137. The Bertz CT molecular complexity index is 522. The van der Waals surface area contributed by atoms with Crippen molar-refractivity contribution in [3.63, 3.8) is 0 Å². The standard InChI is InChI=1S/C21H37N3O2/c1-6-11-19(21(25)24(5)7-2)23-16-17(3)26-20-14-9-8-12-18(20)13-10-15-22-4/h8-9,12,14,17,19,22-23H,6-7,10-11,13,15-16H2,1-5H3/t17-,19?/m1/s1. The minimum Gasteiger partial charge on any atom is -0.489 e. The summed E-state index contributed by atoms with van der Waals surface area (Å²) in [5.74, 6) is 1.11. The van der Waals surface area contributed by atoms with E-state index in [1.54, 1.807) is 4.90 Å². The molecule has 0 fully saturated rings. The summed E-state index contributed by atoms with van der Waals surface area (Å²) in [7, 11) is 3.83. The van der Waals surface area contributed by atoms with Gasteiger partial charge in [0.1, 0.15) is 11.9 Å². The third-order valence-corrected chi connectivity index (χ3v) is 4.55. The summed E-state index contributed by atoms with van der Waals surface area (Å²) in [6.45, 7) is 8.53. The van der Waals surface area contributed by atoms with E-state index in [0.717, 1.165) is 44.5 Å². The zero-order valence-corrected chi connectivity index (χ0v) is 17.2. The second-order valence-corrected chi connectivity index (χ2v) is 6.85. The Kier molecular flexibility index (Phi) is 11.0. The van der Waals surface area contributed by atoms with Crippen molar-refractivity contribution in [2.24, 2.45) is 0 Å². The topological polar surface area (TPSA) is 53.6 Å². The molecule has 1 amide bonds. The van der Waals surface area contributed by atoms with E-state index < -0.39 is 0 Å². The fraction of sp³-hybridized carbons (Fsp3) is 0.667. The number of carbonyl (C=O) groups is 1. The minimum absolute atomic E-state index is 0.000427. The highest BCUT2D eigenvalue weighted by Crippen LogP contribution is 2.20. The number of hydrogen-bond donors (Lipinski definition) is 2. The summed E-state index contributed by atoms with van der Waals surface area (Å²) in [5, 5.41) is 6.58. The van der Waals surface area contributed by atoms with Crippen molar-refractivity contribution in [2.75, 3.05) is 33.7 Å². The molecule has 0 aromatic heterocycles. The predicted molar refractivity (Wildman–Crippen MR) is 109 cm³/mol. The number of para-hydroxylation sites is 1. The van der Waals surface area contributed by atoms with E-state index in [1.807, 2.05) is 40.1 Å². The van der Waals surface area contributed by atoms with Crippen LogP contribution in [0.15, 0.2) is 24.3 Å². The molecule has 148 valence electrons. The summed E-state index contributed by atoms with van der Waals surface area (Å²) in [6.07, 6.45) is 3.90. The van der Waals surface area contributed by atoms with Gasteiger partial charge in [-0.1, -0.05) is 31.5 Å². The van der Waals surface area contributed by atoms with Gasteiger partial charge in [0.05, 0.1) is 6.04 Å². The molecule has 2 N–H and O–H groups in total. The molecule has 1 aromatic rings. The molecular formula is C21H37N3O2. The summed E-state index contributed by atoms with van der Waals surface area (Å²) in [6, 6.07) is 8.09. The van der Waals surface area contributed by atoms with Crippen LogP contribution in [0.5, 0.6) is 5.75 Å². The maximum absolute atomic E-state index is 12.5. The largest absolute Gasteiger partial charge is 0.489 e. The van der Waals surface area contributed by atoms with E-state index in [2.05, 4.69) is 29.7 Å². The maximum atomic E-state index is 12.5. The van der Waals surface area contributed by atoms with Crippen molar-refractivity contribution in [1.82, 2.24) is 15.5 Å². The third kappa shape index (κ3) is 7.75. The molecule has 5 heteroatoms. The molecule has 0 aliphatic rings. The van der Waals surface area contributed by atoms with Crippen LogP contribution in [0.1, 0.15) is 45.6 Å². The van der Waals surface area contributed by atoms with Crippen molar-refractivity contribution >= 4 is 5.91 Å². The summed E-state index contributed by atoms with van der Waals surface area (Å²) in [5.41, 5.74) is 1.24. The van der Waals surface area contributed by atoms with E-state index in [1.165, 1.54) is 5.56 Å². The Labute approximate surface area is 159 Å². The summed E-state index contributed by atoms with van der Waals surface area (Å²) >= 11 is 0. The first-order chi connectivity index (χ1) is 12.5. The average molecular weight is 364 g/mol. The lowest BCUT2D eigenvalue weighted by Gasteiger charge is -2.25. The molecule has 0 radical (unpaired) electrons. The molecular weight excluding hydrogens is 326 g/mol. The molecule has 0 bridgehead atoms. The number of aryl methyl sites for hydroxylation is 1. The molecule has 0 spiro atoms. The van der Waals surface area contributed by atoms with Crippen molar-refractivity contribution in [1.29, 1.82) is 0 Å². The van der Waals surface area contributed by atoms with Gasteiger partial charge in [-0.2, -0.15) is 0 Å². The fourth-order valence-corrected chi connectivity index (χ4v) is 2.87. The number of carbonyl (C=O) groups excluding carboxylic acids is 1. The number of nitrogens with zero attached hydrogens (tertiary/aromatic N) is 1. The van der Waals surface area contributed by atoms with Crippen molar-refractivity contribution in [3.8, 4) is 5.75 Å². The van der Waals surface area contributed by atoms with Gasteiger partial charge in [-0.05, 0) is 58.3 Å². The number of amides is 1. The average Bonchev–Trinajstić information content (AvgIpc) is 2.65. The van der Waals surface area contributed by atoms with Crippen LogP contribution in [0.4, 0.5) is 0 Å². The van der Waals surface area contributed by atoms with E-state index >= 15 is 0 Å². The quantitative estimate of drug-likeness (QED) is 0.529. The lowest BCUT2D eigenvalue weighted by atomic mass is 10.1. The van der Waals surface area contributed by atoms with Gasteiger partial charge in [0, 0.05) is 20.1 Å². The first kappa shape index (κ1) is 22.5. The van der Waals surface area contributed by atoms with Crippen LogP contribution in [0.2, 0.25) is 0 Å². The van der Waals surface area contributed by atoms with Crippen LogP contribution in [-0.2, 0) is 11.2 Å².